The van der Waals surface area contributed by atoms with Gasteiger partial charge in [0.1, 0.15) is 5.56 Å². The third kappa shape index (κ3) is 4.10. The van der Waals surface area contributed by atoms with Gasteiger partial charge in [0.15, 0.2) is 0 Å². The number of benzene rings is 3. The van der Waals surface area contributed by atoms with Crippen LogP contribution in [0.4, 0.5) is 5.69 Å². The number of carbonyl (C=O) groups is 1. The van der Waals surface area contributed by atoms with E-state index in [4.69, 9.17) is 0 Å². The van der Waals surface area contributed by atoms with Crippen LogP contribution in [0.25, 0.3) is 22.4 Å². The van der Waals surface area contributed by atoms with Crippen molar-refractivity contribution in [2.75, 3.05) is 5.32 Å². The molecule has 0 radical (unpaired) electrons. The van der Waals surface area contributed by atoms with Crippen LogP contribution in [0.1, 0.15) is 28.4 Å². The Morgan fingerprint density at radius 3 is 2.12 bits per heavy atom. The molecule has 0 fully saturated rings. The van der Waals surface area contributed by atoms with Crippen molar-refractivity contribution < 1.29 is 4.79 Å². The van der Waals surface area contributed by atoms with E-state index in [0.29, 0.717) is 23.5 Å². The van der Waals surface area contributed by atoms with Gasteiger partial charge in [0.05, 0.1) is 5.69 Å². The first-order chi connectivity index (χ1) is 15.5. The zero-order valence-electron chi connectivity index (χ0n) is 18.4. The molecule has 0 unspecified atom stereocenters. The van der Waals surface area contributed by atoms with Crippen molar-refractivity contribution in [1.82, 2.24) is 9.78 Å². The van der Waals surface area contributed by atoms with Crippen LogP contribution >= 0.6 is 0 Å². The molecule has 1 heterocycles. The smallest absolute Gasteiger partial charge is 0.280 e. The summed E-state index contributed by atoms with van der Waals surface area (Å²) in [5, 5.41) is 7.60. The minimum Gasteiger partial charge on any atom is -0.322 e. The Labute approximate surface area is 187 Å². The number of carbonyl (C=O) groups excluding carboxylic acids is 1. The summed E-state index contributed by atoms with van der Waals surface area (Å²) in [4.78, 5) is 27.0. The van der Waals surface area contributed by atoms with E-state index in [0.717, 1.165) is 22.3 Å². The highest BCUT2D eigenvalue weighted by atomic mass is 16.2. The number of amides is 1. The number of aromatic nitrogens is 2. The fourth-order valence-corrected chi connectivity index (χ4v) is 3.82. The number of nitrogens with zero attached hydrogens (tertiary/aromatic N) is 2. The van der Waals surface area contributed by atoms with Gasteiger partial charge < -0.3 is 5.32 Å². The van der Waals surface area contributed by atoms with Crippen LogP contribution in [0, 0.1) is 13.8 Å². The average Bonchev–Trinajstić information content (AvgIpc) is 2.81. The maximum absolute atomic E-state index is 13.6. The van der Waals surface area contributed by atoms with Crippen LogP contribution in [0.3, 0.4) is 0 Å². The van der Waals surface area contributed by atoms with Crippen LogP contribution < -0.4 is 10.9 Å². The standard InChI is InChI=1S/C27H25N3O2/c1-4-30-27(32)24(26(31)28-22-16-15-18(2)17-19(22)3)23(20-11-7-5-8-12-20)25(29-30)21-13-9-6-10-14-21/h5-17H,4H2,1-3H3,(H,28,31). The second kappa shape index (κ2) is 9.02. The first kappa shape index (κ1) is 21.2. The van der Waals surface area contributed by atoms with E-state index in [1.807, 2.05) is 99.6 Å². The van der Waals surface area contributed by atoms with Gasteiger partial charge in [-0.25, -0.2) is 4.68 Å². The summed E-state index contributed by atoms with van der Waals surface area (Å²) in [5.74, 6) is -0.442. The number of anilines is 1. The van der Waals surface area contributed by atoms with Crippen molar-refractivity contribution in [3.05, 3.63) is 106 Å². The summed E-state index contributed by atoms with van der Waals surface area (Å²) < 4.78 is 1.35. The first-order valence-corrected chi connectivity index (χ1v) is 10.6. The molecule has 5 nitrogen and oxygen atoms in total. The van der Waals surface area contributed by atoms with Gasteiger partial charge >= 0.3 is 0 Å². The van der Waals surface area contributed by atoms with Crippen LogP contribution in [-0.2, 0) is 6.54 Å². The summed E-state index contributed by atoms with van der Waals surface area (Å²) in [6, 6.07) is 24.9. The molecule has 0 bridgehead atoms. The Bertz CT molecular complexity index is 1330. The normalized spacial score (nSPS) is 10.7. The molecule has 0 saturated heterocycles. The van der Waals surface area contributed by atoms with Gasteiger partial charge in [0.25, 0.3) is 11.5 Å². The lowest BCUT2D eigenvalue weighted by molar-refractivity contribution is 0.102. The van der Waals surface area contributed by atoms with Gasteiger partial charge in [-0.1, -0.05) is 78.4 Å². The maximum atomic E-state index is 13.6. The number of hydrogen-bond acceptors (Lipinski definition) is 3. The second-order valence-corrected chi connectivity index (χ2v) is 7.72. The molecule has 1 aromatic heterocycles. The lowest BCUT2D eigenvalue weighted by Gasteiger charge is -2.17. The molecule has 4 aromatic rings. The summed E-state index contributed by atoms with van der Waals surface area (Å²) >= 11 is 0. The molecule has 4 rings (SSSR count). The van der Waals surface area contributed by atoms with Crippen molar-refractivity contribution in [3.8, 4) is 22.4 Å². The molecule has 3 aromatic carbocycles. The molecule has 5 heteroatoms. The molecule has 0 spiro atoms. The molecule has 1 N–H and O–H groups in total. The number of rotatable bonds is 5. The molecule has 32 heavy (non-hydrogen) atoms. The Morgan fingerprint density at radius 1 is 0.906 bits per heavy atom. The van der Waals surface area contributed by atoms with E-state index in [1.54, 1.807) is 0 Å². The van der Waals surface area contributed by atoms with Gasteiger partial charge in [0.2, 0.25) is 0 Å². The highest BCUT2D eigenvalue weighted by Gasteiger charge is 2.25. The summed E-state index contributed by atoms with van der Waals surface area (Å²) in [5.41, 5.74) is 5.15. The van der Waals surface area contributed by atoms with E-state index in [1.165, 1.54) is 4.68 Å². The molecule has 0 aliphatic carbocycles. The third-order valence-electron chi connectivity index (χ3n) is 5.42. The van der Waals surface area contributed by atoms with Gasteiger partial charge in [-0.2, -0.15) is 5.10 Å². The monoisotopic (exact) mass is 423 g/mol. The van der Waals surface area contributed by atoms with Crippen molar-refractivity contribution in [1.29, 1.82) is 0 Å². The molecular weight excluding hydrogens is 398 g/mol. The Morgan fingerprint density at radius 2 is 1.53 bits per heavy atom. The Hall–Kier alpha value is -3.99. The summed E-state index contributed by atoms with van der Waals surface area (Å²) in [7, 11) is 0. The SMILES string of the molecule is CCn1nc(-c2ccccc2)c(-c2ccccc2)c(C(=O)Nc2ccc(C)cc2C)c1=O. The first-order valence-electron chi connectivity index (χ1n) is 10.6. The van der Waals surface area contributed by atoms with E-state index in [-0.39, 0.29) is 5.56 Å². The highest BCUT2D eigenvalue weighted by Crippen LogP contribution is 2.32. The molecule has 0 aliphatic heterocycles. The zero-order valence-corrected chi connectivity index (χ0v) is 18.4. The molecular formula is C27H25N3O2. The van der Waals surface area contributed by atoms with Crippen molar-refractivity contribution >= 4 is 11.6 Å². The minimum absolute atomic E-state index is 0.0897. The van der Waals surface area contributed by atoms with E-state index in [2.05, 4.69) is 10.4 Å². The lowest BCUT2D eigenvalue weighted by atomic mass is 9.95. The highest BCUT2D eigenvalue weighted by molar-refractivity contribution is 6.10. The quantitative estimate of drug-likeness (QED) is 0.463. The van der Waals surface area contributed by atoms with Crippen molar-refractivity contribution in [3.63, 3.8) is 0 Å². The fourth-order valence-electron chi connectivity index (χ4n) is 3.82. The zero-order chi connectivity index (χ0) is 22.7. The van der Waals surface area contributed by atoms with Gasteiger partial charge in [-0.3, -0.25) is 9.59 Å². The van der Waals surface area contributed by atoms with E-state index in [9.17, 15) is 9.59 Å². The van der Waals surface area contributed by atoms with Gasteiger partial charge in [-0.05, 0) is 38.0 Å². The van der Waals surface area contributed by atoms with Crippen LogP contribution in [-0.4, -0.2) is 15.7 Å². The summed E-state index contributed by atoms with van der Waals surface area (Å²) in [6.45, 7) is 6.14. The topological polar surface area (TPSA) is 64.0 Å². The largest absolute Gasteiger partial charge is 0.322 e. The Balaban J connectivity index is 1.98. The lowest BCUT2D eigenvalue weighted by Crippen LogP contribution is -2.32. The molecule has 1 amide bonds. The van der Waals surface area contributed by atoms with Crippen LogP contribution in [0.15, 0.2) is 83.7 Å². The molecule has 0 saturated carbocycles. The molecule has 0 aliphatic rings. The molecule has 160 valence electrons. The van der Waals surface area contributed by atoms with Crippen LogP contribution in [0.2, 0.25) is 0 Å². The predicted molar refractivity (Wildman–Crippen MR) is 129 cm³/mol. The molecule has 0 atom stereocenters. The van der Waals surface area contributed by atoms with E-state index >= 15 is 0 Å². The number of aryl methyl sites for hydroxylation is 3. The van der Waals surface area contributed by atoms with Crippen molar-refractivity contribution in [2.45, 2.75) is 27.3 Å². The van der Waals surface area contributed by atoms with Crippen molar-refractivity contribution in [2.24, 2.45) is 0 Å². The second-order valence-electron chi connectivity index (χ2n) is 7.72. The number of nitrogens with one attached hydrogen (secondary N) is 1. The summed E-state index contributed by atoms with van der Waals surface area (Å²) in [6.07, 6.45) is 0. The number of hydrogen-bond donors (Lipinski definition) is 1. The van der Waals surface area contributed by atoms with Crippen LogP contribution in [0.5, 0.6) is 0 Å². The third-order valence-corrected chi connectivity index (χ3v) is 5.42. The maximum Gasteiger partial charge on any atom is 0.280 e. The Kier molecular flexibility index (Phi) is 5.99. The van der Waals surface area contributed by atoms with E-state index < -0.39 is 11.5 Å². The minimum atomic E-state index is -0.442. The fraction of sp³-hybridized carbons (Fsp3) is 0.148. The van der Waals surface area contributed by atoms with Gasteiger partial charge in [0, 0.05) is 23.4 Å². The predicted octanol–water partition coefficient (Wildman–Crippen LogP) is 5.47. The average molecular weight is 424 g/mol. The van der Waals surface area contributed by atoms with Gasteiger partial charge in [-0.15, -0.1) is 0 Å².